The molecule has 0 spiro atoms. The predicted octanol–water partition coefficient (Wildman–Crippen LogP) is 3.75. The second-order valence-corrected chi connectivity index (χ2v) is 8.00. The van der Waals surface area contributed by atoms with Gasteiger partial charge in [-0.2, -0.15) is 0 Å². The first-order chi connectivity index (χ1) is 14.9. The number of nitrogens with zero attached hydrogens (tertiary/aromatic N) is 3. The Labute approximate surface area is 181 Å². The van der Waals surface area contributed by atoms with Crippen LogP contribution >= 0.6 is 0 Å². The molecule has 7 nitrogen and oxygen atoms in total. The third kappa shape index (κ3) is 4.35. The number of hydrogen-bond acceptors (Lipinski definition) is 5. The van der Waals surface area contributed by atoms with Crippen molar-refractivity contribution >= 4 is 11.8 Å². The van der Waals surface area contributed by atoms with Gasteiger partial charge in [-0.3, -0.25) is 14.6 Å². The van der Waals surface area contributed by atoms with Crippen LogP contribution in [0.15, 0.2) is 47.1 Å². The van der Waals surface area contributed by atoms with E-state index >= 15 is 0 Å². The van der Waals surface area contributed by atoms with E-state index in [9.17, 15) is 9.59 Å². The summed E-state index contributed by atoms with van der Waals surface area (Å²) in [6, 6.07) is 11.1. The average molecular weight is 418 g/mol. The van der Waals surface area contributed by atoms with Gasteiger partial charge in [0.1, 0.15) is 5.76 Å². The van der Waals surface area contributed by atoms with Crippen LogP contribution in [-0.4, -0.2) is 33.4 Å². The zero-order valence-electron chi connectivity index (χ0n) is 17.8. The number of carbonyl (C=O) groups excluding carboxylic acids is 2. The number of hydrogen-bond donors (Lipinski definition) is 1. The fraction of sp³-hybridized carbons (Fsp3) is 0.333. The van der Waals surface area contributed by atoms with Gasteiger partial charge < -0.3 is 15.2 Å². The molecular weight excluding hydrogens is 392 g/mol. The van der Waals surface area contributed by atoms with Gasteiger partial charge in [0.2, 0.25) is 11.8 Å². The molecule has 0 radical (unpaired) electrons. The average Bonchev–Trinajstić information content (AvgIpc) is 3.11. The number of amides is 2. The molecule has 1 saturated heterocycles. The van der Waals surface area contributed by atoms with Gasteiger partial charge in [0.05, 0.1) is 23.9 Å². The summed E-state index contributed by atoms with van der Waals surface area (Å²) in [7, 11) is 0. The van der Waals surface area contributed by atoms with Gasteiger partial charge in [-0.1, -0.05) is 23.4 Å². The number of likely N-dealkylation sites (tertiary alicyclic amines) is 1. The van der Waals surface area contributed by atoms with Crippen molar-refractivity contribution < 1.29 is 14.1 Å². The van der Waals surface area contributed by atoms with Crippen LogP contribution in [0.4, 0.5) is 0 Å². The molecule has 1 atom stereocenters. The molecule has 160 valence electrons. The van der Waals surface area contributed by atoms with E-state index in [2.05, 4.69) is 10.1 Å². The van der Waals surface area contributed by atoms with Crippen LogP contribution in [0, 0.1) is 13.8 Å². The summed E-state index contributed by atoms with van der Waals surface area (Å²) >= 11 is 0. The maximum Gasteiger partial charge on any atom is 0.248 e. The highest BCUT2D eigenvalue weighted by Gasteiger charge is 2.29. The number of pyridine rings is 1. The zero-order chi connectivity index (χ0) is 22.0. The smallest absolute Gasteiger partial charge is 0.248 e. The molecule has 2 N–H and O–H groups in total. The first-order valence-electron chi connectivity index (χ1n) is 10.5. The highest BCUT2D eigenvalue weighted by molar-refractivity contribution is 5.93. The third-order valence-corrected chi connectivity index (χ3v) is 5.97. The lowest BCUT2D eigenvalue weighted by Gasteiger charge is -2.36. The molecule has 31 heavy (non-hydrogen) atoms. The van der Waals surface area contributed by atoms with Crippen molar-refractivity contribution in [3.05, 3.63) is 70.7 Å². The molecule has 0 bridgehead atoms. The summed E-state index contributed by atoms with van der Waals surface area (Å²) in [4.78, 5) is 31.0. The number of aromatic nitrogens is 2. The summed E-state index contributed by atoms with van der Waals surface area (Å²) in [5.41, 5.74) is 10.2. The lowest BCUT2D eigenvalue weighted by molar-refractivity contribution is -0.134. The number of rotatable bonds is 5. The van der Waals surface area contributed by atoms with Crippen molar-refractivity contribution in [2.75, 3.05) is 6.54 Å². The molecule has 4 rings (SSSR count). The Balaban J connectivity index is 1.52. The lowest BCUT2D eigenvalue weighted by atomic mass is 9.95. The fourth-order valence-electron chi connectivity index (χ4n) is 4.16. The number of piperidine rings is 1. The van der Waals surface area contributed by atoms with E-state index < -0.39 is 5.91 Å². The number of benzene rings is 1. The third-order valence-electron chi connectivity index (χ3n) is 5.97. The van der Waals surface area contributed by atoms with E-state index in [1.807, 2.05) is 49.2 Å². The largest absolute Gasteiger partial charge is 0.366 e. The predicted molar refractivity (Wildman–Crippen MR) is 116 cm³/mol. The Morgan fingerprint density at radius 2 is 1.90 bits per heavy atom. The Kier molecular flexibility index (Phi) is 5.84. The highest BCUT2D eigenvalue weighted by atomic mass is 16.5. The minimum absolute atomic E-state index is 0.0144. The van der Waals surface area contributed by atoms with E-state index in [1.54, 1.807) is 12.1 Å². The molecule has 3 aromatic rings. The van der Waals surface area contributed by atoms with E-state index in [0.717, 1.165) is 53.9 Å². The second kappa shape index (κ2) is 8.71. The molecule has 1 unspecified atom stereocenters. The van der Waals surface area contributed by atoms with Crippen LogP contribution < -0.4 is 5.73 Å². The van der Waals surface area contributed by atoms with Crippen LogP contribution in [0.1, 0.15) is 58.2 Å². The van der Waals surface area contributed by atoms with E-state index in [-0.39, 0.29) is 11.9 Å². The van der Waals surface area contributed by atoms with E-state index in [0.29, 0.717) is 17.7 Å². The molecule has 1 aliphatic heterocycles. The first kappa shape index (κ1) is 20.8. The minimum Gasteiger partial charge on any atom is -0.366 e. The molecule has 0 aliphatic carbocycles. The van der Waals surface area contributed by atoms with Crippen molar-refractivity contribution in [2.24, 2.45) is 5.73 Å². The molecule has 1 aromatic carbocycles. The number of carbonyl (C=O) groups is 2. The number of primary amides is 1. The Morgan fingerprint density at radius 1 is 1.13 bits per heavy atom. The summed E-state index contributed by atoms with van der Waals surface area (Å²) in [6.45, 7) is 4.45. The van der Waals surface area contributed by atoms with Gasteiger partial charge in [-0.25, -0.2) is 0 Å². The van der Waals surface area contributed by atoms with Crippen molar-refractivity contribution in [1.82, 2.24) is 15.0 Å². The summed E-state index contributed by atoms with van der Waals surface area (Å²) in [6.07, 6.45) is 5.15. The quantitative estimate of drug-likeness (QED) is 0.680. The molecule has 0 saturated carbocycles. The molecule has 2 aromatic heterocycles. The monoisotopic (exact) mass is 418 g/mol. The van der Waals surface area contributed by atoms with Crippen molar-refractivity contribution in [3.8, 4) is 11.3 Å². The number of nitrogens with two attached hydrogens (primary N) is 1. The lowest BCUT2D eigenvalue weighted by Crippen LogP contribution is -2.39. The molecule has 2 amide bonds. The van der Waals surface area contributed by atoms with Gasteiger partial charge >= 0.3 is 0 Å². The molecule has 1 aliphatic rings. The van der Waals surface area contributed by atoms with Gasteiger partial charge in [0, 0.05) is 29.4 Å². The Bertz CT molecular complexity index is 1070. The zero-order valence-corrected chi connectivity index (χ0v) is 17.8. The molecule has 3 heterocycles. The van der Waals surface area contributed by atoms with Gasteiger partial charge in [-0.15, -0.1) is 0 Å². The summed E-state index contributed by atoms with van der Waals surface area (Å²) in [5, 5.41) is 3.96. The van der Waals surface area contributed by atoms with Gasteiger partial charge in [0.15, 0.2) is 0 Å². The summed E-state index contributed by atoms with van der Waals surface area (Å²) in [5.74, 6) is 0.339. The maximum absolute atomic E-state index is 13.1. The van der Waals surface area contributed by atoms with Crippen LogP contribution in [-0.2, 0) is 11.2 Å². The van der Waals surface area contributed by atoms with Crippen molar-refractivity contribution in [3.63, 3.8) is 0 Å². The van der Waals surface area contributed by atoms with E-state index in [4.69, 9.17) is 10.3 Å². The maximum atomic E-state index is 13.1. The Morgan fingerprint density at radius 3 is 2.52 bits per heavy atom. The van der Waals surface area contributed by atoms with Crippen molar-refractivity contribution in [2.45, 2.75) is 45.6 Å². The highest BCUT2D eigenvalue weighted by Crippen LogP contribution is 2.32. The van der Waals surface area contributed by atoms with Gasteiger partial charge in [0.25, 0.3) is 0 Å². The topological polar surface area (TPSA) is 102 Å². The Hall–Kier alpha value is -3.48. The van der Waals surface area contributed by atoms with Crippen molar-refractivity contribution in [1.29, 1.82) is 0 Å². The van der Waals surface area contributed by atoms with E-state index in [1.165, 1.54) is 0 Å². The standard InChI is InChI=1S/C24H26N4O3/c1-15-20(16(2)31-27-15)13-23(29)28-12-4-3-5-22(28)19-10-11-21(26-14-19)17-6-8-18(9-7-17)24(25)30/h6-11,14,22H,3-5,12-13H2,1-2H3,(H2,25,30). The first-order valence-corrected chi connectivity index (χ1v) is 10.5. The van der Waals surface area contributed by atoms with Crippen LogP contribution in [0.2, 0.25) is 0 Å². The normalized spacial score (nSPS) is 16.3. The van der Waals surface area contributed by atoms with Crippen LogP contribution in [0.3, 0.4) is 0 Å². The molecule has 7 heteroatoms. The summed E-state index contributed by atoms with van der Waals surface area (Å²) < 4.78 is 5.21. The van der Waals surface area contributed by atoms with Crippen LogP contribution in [0.5, 0.6) is 0 Å². The van der Waals surface area contributed by atoms with Gasteiger partial charge in [-0.05, 0) is 56.9 Å². The minimum atomic E-state index is -0.450. The SMILES string of the molecule is Cc1noc(C)c1CC(=O)N1CCCCC1c1ccc(-c2ccc(C(N)=O)cc2)nc1. The molecular formula is C24H26N4O3. The second-order valence-electron chi connectivity index (χ2n) is 8.00. The van der Waals surface area contributed by atoms with Crippen LogP contribution in [0.25, 0.3) is 11.3 Å². The fourth-order valence-corrected chi connectivity index (χ4v) is 4.16. The molecule has 1 fully saturated rings. The number of aryl methyl sites for hydroxylation is 2.